The maximum absolute atomic E-state index is 3.70. The second-order valence-electron chi connectivity index (χ2n) is 5.80. The van der Waals surface area contributed by atoms with Crippen molar-refractivity contribution in [3.8, 4) is 0 Å². The molecule has 0 fully saturated rings. The van der Waals surface area contributed by atoms with Crippen LogP contribution in [0, 0.1) is 5.92 Å². The van der Waals surface area contributed by atoms with Crippen molar-refractivity contribution in [2.75, 3.05) is 0 Å². The minimum atomic E-state index is 0.184. The lowest BCUT2D eigenvalue weighted by Gasteiger charge is -2.38. The number of allylic oxidation sites excluding steroid dienone is 1. The molecule has 0 spiro atoms. The van der Waals surface area contributed by atoms with E-state index in [0.717, 1.165) is 0 Å². The van der Waals surface area contributed by atoms with E-state index in [2.05, 4.69) is 60.7 Å². The normalized spacial score (nSPS) is 16.3. The molecule has 0 aliphatic rings. The van der Waals surface area contributed by atoms with Crippen molar-refractivity contribution >= 4 is 0 Å². The summed E-state index contributed by atoms with van der Waals surface area (Å²) in [6.45, 7) is 18.2. The van der Waals surface area contributed by atoms with Crippen molar-refractivity contribution in [3.05, 3.63) is 11.1 Å². The van der Waals surface area contributed by atoms with Gasteiger partial charge in [0.15, 0.2) is 0 Å². The molecule has 96 valence electrons. The Labute approximate surface area is 103 Å². The molecular formula is C15H31N. The highest BCUT2D eigenvalue weighted by atomic mass is 15.0. The molecule has 0 bridgehead atoms. The van der Waals surface area contributed by atoms with E-state index in [9.17, 15) is 0 Å². The van der Waals surface area contributed by atoms with Crippen molar-refractivity contribution in [1.82, 2.24) is 5.32 Å². The molecule has 0 aliphatic carbocycles. The van der Waals surface area contributed by atoms with Gasteiger partial charge < -0.3 is 5.32 Å². The van der Waals surface area contributed by atoms with Crippen LogP contribution < -0.4 is 5.32 Å². The first-order valence-corrected chi connectivity index (χ1v) is 6.70. The molecule has 0 radical (unpaired) electrons. The zero-order valence-electron chi connectivity index (χ0n) is 12.6. The van der Waals surface area contributed by atoms with Crippen LogP contribution >= 0.6 is 0 Å². The second-order valence-corrected chi connectivity index (χ2v) is 5.80. The fourth-order valence-corrected chi connectivity index (χ4v) is 2.78. The van der Waals surface area contributed by atoms with Gasteiger partial charge in [-0.2, -0.15) is 0 Å². The predicted octanol–water partition coefficient (Wildman–Crippen LogP) is 4.54. The van der Waals surface area contributed by atoms with Crippen LogP contribution in [-0.4, -0.2) is 11.6 Å². The van der Waals surface area contributed by atoms with Gasteiger partial charge in [0.1, 0.15) is 0 Å². The summed E-state index contributed by atoms with van der Waals surface area (Å²) in [6.07, 6.45) is 2.37. The van der Waals surface area contributed by atoms with Gasteiger partial charge >= 0.3 is 0 Å². The molecule has 1 N–H and O–H groups in total. The van der Waals surface area contributed by atoms with Crippen molar-refractivity contribution in [2.45, 2.75) is 79.8 Å². The lowest BCUT2D eigenvalue weighted by atomic mass is 9.78. The molecule has 1 atom stereocenters. The van der Waals surface area contributed by atoms with Gasteiger partial charge in [-0.1, -0.05) is 38.8 Å². The fourth-order valence-electron chi connectivity index (χ4n) is 2.78. The highest BCUT2D eigenvalue weighted by Crippen LogP contribution is 2.30. The number of hydrogen-bond acceptors (Lipinski definition) is 1. The summed E-state index contributed by atoms with van der Waals surface area (Å²) in [7, 11) is 0. The van der Waals surface area contributed by atoms with E-state index in [1.54, 1.807) is 11.1 Å². The van der Waals surface area contributed by atoms with Gasteiger partial charge in [0.2, 0.25) is 0 Å². The summed E-state index contributed by atoms with van der Waals surface area (Å²) in [5.41, 5.74) is 3.30. The summed E-state index contributed by atoms with van der Waals surface area (Å²) in [4.78, 5) is 0. The molecule has 1 unspecified atom stereocenters. The molecule has 1 heteroatoms. The maximum Gasteiger partial charge on any atom is 0.0192 e. The fraction of sp³-hybridized carbons (Fsp3) is 0.867. The van der Waals surface area contributed by atoms with Crippen molar-refractivity contribution < 1.29 is 0 Å². The van der Waals surface area contributed by atoms with E-state index in [4.69, 9.17) is 0 Å². The molecule has 1 nitrogen and oxygen atoms in total. The summed E-state index contributed by atoms with van der Waals surface area (Å²) in [6, 6.07) is 0.541. The zero-order valence-corrected chi connectivity index (χ0v) is 12.6. The molecule has 0 aromatic heterocycles. The topological polar surface area (TPSA) is 12.0 Å². The van der Waals surface area contributed by atoms with E-state index in [-0.39, 0.29) is 5.54 Å². The number of nitrogens with one attached hydrogen (secondary N) is 1. The van der Waals surface area contributed by atoms with Gasteiger partial charge in [-0.05, 0) is 46.5 Å². The second kappa shape index (κ2) is 6.44. The average molecular weight is 225 g/mol. The van der Waals surface area contributed by atoms with E-state index in [1.807, 2.05) is 0 Å². The Morgan fingerprint density at radius 3 is 1.94 bits per heavy atom. The summed E-state index contributed by atoms with van der Waals surface area (Å²) in [5, 5.41) is 3.70. The predicted molar refractivity (Wildman–Crippen MR) is 74.8 cm³/mol. The Kier molecular flexibility index (Phi) is 6.32. The van der Waals surface area contributed by atoms with Crippen LogP contribution in [0.1, 0.15) is 68.2 Å². The van der Waals surface area contributed by atoms with Crippen molar-refractivity contribution in [3.63, 3.8) is 0 Å². The SMILES string of the molecule is CCC(C)=C(C)C(CC)C(C)(C)NC(C)C. The smallest absolute Gasteiger partial charge is 0.0192 e. The van der Waals surface area contributed by atoms with Gasteiger partial charge in [-0.15, -0.1) is 0 Å². The molecule has 0 aliphatic heterocycles. The van der Waals surface area contributed by atoms with Gasteiger partial charge in [0.25, 0.3) is 0 Å². The third-order valence-electron chi connectivity index (χ3n) is 3.67. The Morgan fingerprint density at radius 2 is 1.62 bits per heavy atom. The molecule has 0 amide bonds. The van der Waals surface area contributed by atoms with Crippen LogP contribution in [0.4, 0.5) is 0 Å². The largest absolute Gasteiger partial charge is 0.309 e. The van der Waals surface area contributed by atoms with E-state index in [1.165, 1.54) is 12.8 Å². The van der Waals surface area contributed by atoms with Gasteiger partial charge in [0.05, 0.1) is 0 Å². The van der Waals surface area contributed by atoms with Crippen LogP contribution in [0.15, 0.2) is 11.1 Å². The monoisotopic (exact) mass is 225 g/mol. The highest BCUT2D eigenvalue weighted by Gasteiger charge is 2.30. The molecule has 16 heavy (non-hydrogen) atoms. The van der Waals surface area contributed by atoms with Gasteiger partial charge in [-0.25, -0.2) is 0 Å². The third kappa shape index (κ3) is 4.29. The van der Waals surface area contributed by atoms with Crippen molar-refractivity contribution in [1.29, 1.82) is 0 Å². The van der Waals surface area contributed by atoms with Crippen LogP contribution in [0.3, 0.4) is 0 Å². The molecule has 0 aromatic rings. The van der Waals surface area contributed by atoms with E-state index < -0.39 is 0 Å². The summed E-state index contributed by atoms with van der Waals surface area (Å²) >= 11 is 0. The van der Waals surface area contributed by atoms with E-state index in [0.29, 0.717) is 12.0 Å². The first kappa shape index (κ1) is 15.7. The molecule has 0 aromatic carbocycles. The first-order chi connectivity index (χ1) is 7.26. The summed E-state index contributed by atoms with van der Waals surface area (Å²) < 4.78 is 0. The summed E-state index contributed by atoms with van der Waals surface area (Å²) in [5.74, 6) is 0.634. The molecule has 0 heterocycles. The lowest BCUT2D eigenvalue weighted by molar-refractivity contribution is 0.257. The Bertz CT molecular complexity index is 236. The van der Waals surface area contributed by atoms with Crippen LogP contribution in [0.25, 0.3) is 0 Å². The molecule has 0 rings (SSSR count). The standard InChI is InChI=1S/C15H31N/c1-9-12(5)13(6)14(10-2)15(7,8)16-11(3)4/h11,14,16H,9-10H2,1-8H3. The minimum Gasteiger partial charge on any atom is -0.309 e. The van der Waals surface area contributed by atoms with Gasteiger partial charge in [0, 0.05) is 11.6 Å². The Balaban J connectivity index is 4.98. The van der Waals surface area contributed by atoms with Crippen LogP contribution in [-0.2, 0) is 0 Å². The van der Waals surface area contributed by atoms with E-state index >= 15 is 0 Å². The Morgan fingerprint density at radius 1 is 1.12 bits per heavy atom. The lowest BCUT2D eigenvalue weighted by Crippen LogP contribution is -2.49. The third-order valence-corrected chi connectivity index (χ3v) is 3.67. The zero-order chi connectivity index (χ0) is 12.9. The maximum atomic E-state index is 3.70. The average Bonchev–Trinajstić information content (AvgIpc) is 2.14. The van der Waals surface area contributed by atoms with Crippen molar-refractivity contribution in [2.24, 2.45) is 5.92 Å². The molecule has 0 saturated heterocycles. The molecule has 0 saturated carbocycles. The molecular weight excluding hydrogens is 194 g/mol. The Hall–Kier alpha value is -0.300. The van der Waals surface area contributed by atoms with Crippen LogP contribution in [0.5, 0.6) is 0 Å². The first-order valence-electron chi connectivity index (χ1n) is 6.70. The highest BCUT2D eigenvalue weighted by molar-refractivity contribution is 5.17. The quantitative estimate of drug-likeness (QED) is 0.655. The minimum absolute atomic E-state index is 0.184. The van der Waals surface area contributed by atoms with Crippen LogP contribution in [0.2, 0.25) is 0 Å². The number of rotatable bonds is 6. The van der Waals surface area contributed by atoms with Gasteiger partial charge in [-0.3, -0.25) is 0 Å². The number of hydrogen-bond donors (Lipinski definition) is 1.